The summed E-state index contributed by atoms with van der Waals surface area (Å²) in [7, 11) is 5.36. The lowest BCUT2D eigenvalue weighted by atomic mass is 10.4. The predicted octanol–water partition coefficient (Wildman–Crippen LogP) is 0.971. The molecule has 0 bridgehead atoms. The van der Waals surface area contributed by atoms with Gasteiger partial charge in [0, 0.05) is 27.3 Å². The molecule has 1 unspecified atom stereocenters. The van der Waals surface area contributed by atoms with Crippen LogP contribution in [0.1, 0.15) is 12.6 Å². The largest absolute Gasteiger partial charge is 0.373 e. The van der Waals surface area contributed by atoms with Crippen molar-refractivity contribution in [1.29, 1.82) is 0 Å². The molecule has 0 saturated heterocycles. The molecule has 0 aromatic carbocycles. The molecular formula is C9H17N3O2. The normalized spacial score (nSPS) is 12.9. The van der Waals surface area contributed by atoms with Crippen molar-refractivity contribution in [2.75, 3.05) is 19.5 Å². The summed E-state index contributed by atoms with van der Waals surface area (Å²) in [5.41, 5.74) is 0.890. The van der Waals surface area contributed by atoms with Crippen LogP contribution in [-0.4, -0.2) is 30.2 Å². The van der Waals surface area contributed by atoms with Gasteiger partial charge in [-0.15, -0.1) is 0 Å². The Morgan fingerprint density at radius 1 is 1.64 bits per heavy atom. The zero-order chi connectivity index (χ0) is 10.6. The van der Waals surface area contributed by atoms with Crippen molar-refractivity contribution in [2.24, 2.45) is 7.05 Å². The molecule has 1 heterocycles. The fourth-order valence-electron chi connectivity index (χ4n) is 1.10. The number of ether oxygens (including phenoxy) is 2. The number of aryl methyl sites for hydroxylation is 1. The molecule has 1 rings (SSSR count). The zero-order valence-electron chi connectivity index (χ0n) is 9.07. The number of aromatic nitrogens is 2. The smallest absolute Gasteiger partial charge is 0.154 e. The first-order valence-corrected chi connectivity index (χ1v) is 4.52. The van der Waals surface area contributed by atoms with E-state index in [1.807, 2.05) is 27.1 Å². The predicted molar refractivity (Wildman–Crippen MR) is 54.0 cm³/mol. The molecule has 1 N–H and O–H groups in total. The van der Waals surface area contributed by atoms with Crippen LogP contribution in [0.5, 0.6) is 0 Å². The maximum atomic E-state index is 5.36. The third-order valence-corrected chi connectivity index (χ3v) is 1.98. The van der Waals surface area contributed by atoms with E-state index in [0.717, 1.165) is 11.5 Å². The van der Waals surface area contributed by atoms with Gasteiger partial charge in [0.1, 0.15) is 5.82 Å². The van der Waals surface area contributed by atoms with E-state index < -0.39 is 0 Å². The SMILES string of the molecule is CNc1cc(COC(C)OC)nn1C. The van der Waals surface area contributed by atoms with Crippen LogP contribution in [-0.2, 0) is 23.1 Å². The average molecular weight is 199 g/mol. The molecule has 0 aliphatic rings. The molecule has 0 aliphatic carbocycles. The van der Waals surface area contributed by atoms with Crippen LogP contribution in [0.25, 0.3) is 0 Å². The van der Waals surface area contributed by atoms with E-state index in [2.05, 4.69) is 10.4 Å². The van der Waals surface area contributed by atoms with Crippen molar-refractivity contribution >= 4 is 5.82 Å². The Morgan fingerprint density at radius 3 is 2.86 bits per heavy atom. The molecule has 0 fully saturated rings. The highest BCUT2D eigenvalue weighted by atomic mass is 16.7. The Hall–Kier alpha value is -1.07. The lowest BCUT2D eigenvalue weighted by Crippen LogP contribution is -2.10. The Bertz CT molecular complexity index is 286. The highest BCUT2D eigenvalue weighted by Crippen LogP contribution is 2.09. The minimum absolute atomic E-state index is 0.199. The van der Waals surface area contributed by atoms with Crippen molar-refractivity contribution in [3.8, 4) is 0 Å². The van der Waals surface area contributed by atoms with Crippen LogP contribution in [0.15, 0.2) is 6.07 Å². The van der Waals surface area contributed by atoms with Crippen LogP contribution >= 0.6 is 0 Å². The Kier molecular flexibility index (Phi) is 3.91. The lowest BCUT2D eigenvalue weighted by molar-refractivity contribution is -0.119. The molecule has 0 saturated carbocycles. The second kappa shape index (κ2) is 4.97. The van der Waals surface area contributed by atoms with E-state index in [-0.39, 0.29) is 6.29 Å². The number of nitrogens with one attached hydrogen (secondary N) is 1. The second-order valence-corrected chi connectivity index (χ2v) is 3.01. The van der Waals surface area contributed by atoms with E-state index in [0.29, 0.717) is 6.61 Å². The number of methoxy groups -OCH3 is 1. The molecule has 0 spiro atoms. The summed E-state index contributed by atoms with van der Waals surface area (Å²) in [6, 6.07) is 1.95. The fraction of sp³-hybridized carbons (Fsp3) is 0.667. The Labute approximate surface area is 84.0 Å². The first-order chi connectivity index (χ1) is 6.67. The monoisotopic (exact) mass is 199 g/mol. The maximum absolute atomic E-state index is 5.36. The summed E-state index contributed by atoms with van der Waals surface area (Å²) in [6.07, 6.45) is -0.199. The molecule has 5 heteroatoms. The van der Waals surface area contributed by atoms with Crippen LogP contribution in [0, 0.1) is 0 Å². The van der Waals surface area contributed by atoms with Gasteiger partial charge in [0.05, 0.1) is 12.3 Å². The van der Waals surface area contributed by atoms with E-state index in [1.54, 1.807) is 11.8 Å². The van der Waals surface area contributed by atoms with E-state index in [9.17, 15) is 0 Å². The summed E-state index contributed by atoms with van der Waals surface area (Å²) in [5, 5.41) is 7.29. The van der Waals surface area contributed by atoms with Gasteiger partial charge >= 0.3 is 0 Å². The molecular weight excluding hydrogens is 182 g/mol. The summed E-state index contributed by atoms with van der Waals surface area (Å²) < 4.78 is 12.1. The number of hydrogen-bond donors (Lipinski definition) is 1. The number of rotatable bonds is 5. The highest BCUT2D eigenvalue weighted by molar-refractivity contribution is 5.35. The standard InChI is InChI=1S/C9H17N3O2/c1-7(13-4)14-6-8-5-9(10-2)12(3)11-8/h5,7,10H,6H2,1-4H3. The molecule has 1 aromatic heterocycles. The third-order valence-electron chi connectivity index (χ3n) is 1.98. The van der Waals surface area contributed by atoms with Gasteiger partial charge in [-0.3, -0.25) is 4.68 Å². The van der Waals surface area contributed by atoms with E-state index in [1.165, 1.54) is 0 Å². The Morgan fingerprint density at radius 2 is 2.36 bits per heavy atom. The molecule has 0 amide bonds. The van der Waals surface area contributed by atoms with Gasteiger partial charge in [0.2, 0.25) is 0 Å². The molecule has 0 aliphatic heterocycles. The van der Waals surface area contributed by atoms with Crippen LogP contribution < -0.4 is 5.32 Å². The van der Waals surface area contributed by atoms with E-state index >= 15 is 0 Å². The topological polar surface area (TPSA) is 48.3 Å². The van der Waals surface area contributed by atoms with Gasteiger partial charge in [-0.25, -0.2) is 0 Å². The summed E-state index contributed by atoms with van der Waals surface area (Å²) in [5.74, 6) is 0.966. The zero-order valence-corrected chi connectivity index (χ0v) is 9.07. The van der Waals surface area contributed by atoms with Gasteiger partial charge in [0.15, 0.2) is 6.29 Å². The highest BCUT2D eigenvalue weighted by Gasteiger charge is 2.05. The molecule has 14 heavy (non-hydrogen) atoms. The minimum atomic E-state index is -0.199. The second-order valence-electron chi connectivity index (χ2n) is 3.01. The first kappa shape index (κ1) is 11.0. The van der Waals surface area contributed by atoms with Crippen LogP contribution in [0.4, 0.5) is 5.82 Å². The third kappa shape index (κ3) is 2.71. The van der Waals surface area contributed by atoms with Gasteiger partial charge in [0.25, 0.3) is 0 Å². The van der Waals surface area contributed by atoms with Gasteiger partial charge < -0.3 is 14.8 Å². The van der Waals surface area contributed by atoms with E-state index in [4.69, 9.17) is 9.47 Å². The number of anilines is 1. The minimum Gasteiger partial charge on any atom is -0.373 e. The van der Waals surface area contributed by atoms with Crippen LogP contribution in [0.3, 0.4) is 0 Å². The van der Waals surface area contributed by atoms with Crippen molar-refractivity contribution in [1.82, 2.24) is 9.78 Å². The van der Waals surface area contributed by atoms with Crippen molar-refractivity contribution in [3.63, 3.8) is 0 Å². The maximum Gasteiger partial charge on any atom is 0.154 e. The average Bonchev–Trinajstić information content (AvgIpc) is 2.55. The fourth-order valence-corrected chi connectivity index (χ4v) is 1.10. The first-order valence-electron chi connectivity index (χ1n) is 4.52. The van der Waals surface area contributed by atoms with Crippen LogP contribution in [0.2, 0.25) is 0 Å². The summed E-state index contributed by atoms with van der Waals surface area (Å²) >= 11 is 0. The van der Waals surface area contributed by atoms with Crippen molar-refractivity contribution in [2.45, 2.75) is 19.8 Å². The lowest BCUT2D eigenvalue weighted by Gasteiger charge is -2.08. The Balaban J connectivity index is 2.51. The quantitative estimate of drug-likeness (QED) is 0.718. The number of hydrogen-bond acceptors (Lipinski definition) is 4. The molecule has 5 nitrogen and oxygen atoms in total. The van der Waals surface area contributed by atoms with Gasteiger partial charge in [-0.2, -0.15) is 5.10 Å². The van der Waals surface area contributed by atoms with Crippen molar-refractivity contribution < 1.29 is 9.47 Å². The molecule has 80 valence electrons. The van der Waals surface area contributed by atoms with Gasteiger partial charge in [-0.1, -0.05) is 0 Å². The molecule has 1 atom stereocenters. The molecule has 0 radical (unpaired) electrons. The number of nitrogens with zero attached hydrogens (tertiary/aromatic N) is 2. The van der Waals surface area contributed by atoms with Gasteiger partial charge in [-0.05, 0) is 6.92 Å². The van der Waals surface area contributed by atoms with Crippen molar-refractivity contribution in [3.05, 3.63) is 11.8 Å². The summed E-state index contributed by atoms with van der Waals surface area (Å²) in [6.45, 7) is 2.31. The summed E-state index contributed by atoms with van der Waals surface area (Å²) in [4.78, 5) is 0. The molecule has 1 aromatic rings.